The Balaban J connectivity index is 1.61. The summed E-state index contributed by atoms with van der Waals surface area (Å²) in [4.78, 5) is 39.7. The van der Waals surface area contributed by atoms with E-state index in [4.69, 9.17) is 9.47 Å². The van der Waals surface area contributed by atoms with E-state index in [0.717, 1.165) is 0 Å². The van der Waals surface area contributed by atoms with Crippen molar-refractivity contribution < 1.29 is 19.1 Å². The number of Topliss-reactive ketones (excluding diaryl/α,β-unsaturated/α-hetero) is 1. The van der Waals surface area contributed by atoms with Gasteiger partial charge in [0.15, 0.2) is 11.9 Å². The molecule has 0 fully saturated rings. The van der Waals surface area contributed by atoms with E-state index >= 15 is 0 Å². The topological polar surface area (TPSA) is 87.0 Å². The molecule has 3 rings (SSSR count). The predicted molar refractivity (Wildman–Crippen MR) is 97.8 cm³/mol. The summed E-state index contributed by atoms with van der Waals surface area (Å²) in [6, 6.07) is 13.0. The maximum absolute atomic E-state index is 12.1. The molecule has 0 radical (unpaired) electrons. The zero-order valence-electron chi connectivity index (χ0n) is 14.9. The lowest BCUT2D eigenvalue weighted by Gasteiger charge is -2.14. The van der Waals surface area contributed by atoms with Gasteiger partial charge in [-0.15, -0.1) is 0 Å². The Hall–Kier alpha value is -3.48. The Morgan fingerprint density at radius 1 is 1.15 bits per heavy atom. The van der Waals surface area contributed by atoms with Gasteiger partial charge < -0.3 is 9.47 Å². The number of carbonyl (C=O) groups is 2. The minimum absolute atomic E-state index is 0.0483. The molecule has 0 aliphatic rings. The lowest BCUT2D eigenvalue weighted by Crippen LogP contribution is -2.26. The van der Waals surface area contributed by atoms with Crippen LogP contribution in [0.5, 0.6) is 5.75 Å². The number of esters is 1. The summed E-state index contributed by atoms with van der Waals surface area (Å²) in [6.07, 6.45) is 0.767. The largest absolute Gasteiger partial charge is 0.479 e. The maximum Gasteiger partial charge on any atom is 0.347 e. The number of pyridine rings is 1. The van der Waals surface area contributed by atoms with Gasteiger partial charge in [-0.2, -0.15) is 0 Å². The fraction of sp³-hybridized carbons (Fsp3) is 0.200. The molecule has 2 heterocycles. The molecule has 1 atom stereocenters. The van der Waals surface area contributed by atoms with E-state index in [2.05, 4.69) is 4.98 Å². The Kier molecular flexibility index (Phi) is 5.30. The SMILES string of the molecule is CC(=O)c1ccc(OC(C)C(=O)OCc2cc(=O)n3ccccc3n2)cc1. The molecule has 0 amide bonds. The van der Waals surface area contributed by atoms with E-state index in [1.165, 1.54) is 17.4 Å². The Morgan fingerprint density at radius 2 is 1.89 bits per heavy atom. The molecule has 0 spiro atoms. The monoisotopic (exact) mass is 366 g/mol. The van der Waals surface area contributed by atoms with E-state index in [1.54, 1.807) is 55.6 Å². The first-order chi connectivity index (χ1) is 12.9. The van der Waals surface area contributed by atoms with Crippen LogP contribution in [0.15, 0.2) is 59.5 Å². The van der Waals surface area contributed by atoms with Gasteiger partial charge in [0.25, 0.3) is 5.56 Å². The van der Waals surface area contributed by atoms with Crippen LogP contribution in [0, 0.1) is 0 Å². The molecule has 27 heavy (non-hydrogen) atoms. The number of rotatable bonds is 6. The molecule has 3 aromatic rings. The first kappa shape index (κ1) is 18.3. The lowest BCUT2D eigenvalue weighted by molar-refractivity contribution is -0.152. The second-order valence-electron chi connectivity index (χ2n) is 5.96. The van der Waals surface area contributed by atoms with Gasteiger partial charge in [0.05, 0.1) is 5.69 Å². The minimum atomic E-state index is -0.852. The van der Waals surface area contributed by atoms with Crippen molar-refractivity contribution in [1.29, 1.82) is 0 Å². The molecule has 0 saturated heterocycles. The van der Waals surface area contributed by atoms with Crippen LogP contribution in [0.25, 0.3) is 5.65 Å². The second-order valence-corrected chi connectivity index (χ2v) is 5.96. The lowest BCUT2D eigenvalue weighted by atomic mass is 10.1. The van der Waals surface area contributed by atoms with Gasteiger partial charge in [0, 0.05) is 17.8 Å². The molecule has 7 heteroatoms. The highest BCUT2D eigenvalue weighted by Gasteiger charge is 2.17. The first-order valence-electron chi connectivity index (χ1n) is 8.35. The van der Waals surface area contributed by atoms with Crippen molar-refractivity contribution in [3.05, 3.63) is 76.3 Å². The van der Waals surface area contributed by atoms with Crippen molar-refractivity contribution >= 4 is 17.4 Å². The fourth-order valence-electron chi connectivity index (χ4n) is 2.46. The van der Waals surface area contributed by atoms with Crippen molar-refractivity contribution in [1.82, 2.24) is 9.38 Å². The van der Waals surface area contributed by atoms with Gasteiger partial charge in [0.1, 0.15) is 18.0 Å². The quantitative estimate of drug-likeness (QED) is 0.492. The van der Waals surface area contributed by atoms with Gasteiger partial charge in [-0.1, -0.05) is 6.07 Å². The molecule has 2 aromatic heterocycles. The van der Waals surface area contributed by atoms with Gasteiger partial charge in [0.2, 0.25) is 0 Å². The van der Waals surface area contributed by atoms with E-state index in [9.17, 15) is 14.4 Å². The van der Waals surface area contributed by atoms with Crippen LogP contribution in [0.3, 0.4) is 0 Å². The molecular weight excluding hydrogens is 348 g/mol. The summed E-state index contributed by atoms with van der Waals surface area (Å²) in [5.41, 5.74) is 1.15. The summed E-state index contributed by atoms with van der Waals surface area (Å²) in [5.74, 6) is -0.181. The van der Waals surface area contributed by atoms with Crippen LogP contribution in [0.1, 0.15) is 29.9 Å². The molecule has 0 N–H and O–H groups in total. The van der Waals surface area contributed by atoms with E-state index in [0.29, 0.717) is 22.7 Å². The fourth-order valence-corrected chi connectivity index (χ4v) is 2.46. The zero-order valence-corrected chi connectivity index (χ0v) is 14.9. The molecule has 0 aliphatic carbocycles. The van der Waals surface area contributed by atoms with Gasteiger partial charge in [-0.3, -0.25) is 14.0 Å². The smallest absolute Gasteiger partial charge is 0.347 e. The normalized spacial score (nSPS) is 11.8. The third kappa shape index (κ3) is 4.38. The number of ether oxygens (including phenoxy) is 2. The third-order valence-electron chi connectivity index (χ3n) is 3.89. The Bertz CT molecular complexity index is 1040. The van der Waals surface area contributed by atoms with Gasteiger partial charge in [-0.05, 0) is 50.2 Å². The number of fused-ring (bicyclic) bond motifs is 1. The van der Waals surface area contributed by atoms with Crippen LogP contribution in [-0.4, -0.2) is 27.2 Å². The van der Waals surface area contributed by atoms with Crippen LogP contribution in [-0.2, 0) is 16.1 Å². The summed E-state index contributed by atoms with van der Waals surface area (Å²) < 4.78 is 12.1. The average molecular weight is 366 g/mol. The predicted octanol–water partition coefficient (Wildman–Crippen LogP) is 2.41. The summed E-state index contributed by atoms with van der Waals surface area (Å²) in [5, 5.41) is 0. The van der Waals surface area contributed by atoms with Crippen LogP contribution in [0.4, 0.5) is 0 Å². The second kappa shape index (κ2) is 7.82. The van der Waals surface area contributed by atoms with Crippen LogP contribution >= 0.6 is 0 Å². The average Bonchev–Trinajstić information content (AvgIpc) is 2.66. The number of nitrogens with zero attached hydrogens (tertiary/aromatic N) is 2. The van der Waals surface area contributed by atoms with Crippen LogP contribution < -0.4 is 10.3 Å². The molecule has 1 aromatic carbocycles. The number of hydrogen-bond acceptors (Lipinski definition) is 6. The van der Waals surface area contributed by atoms with Crippen molar-refractivity contribution in [3.8, 4) is 5.75 Å². The minimum Gasteiger partial charge on any atom is -0.479 e. The molecular formula is C20H18N2O5. The Labute approximate surface area is 155 Å². The molecule has 138 valence electrons. The standard InChI is InChI=1S/C20H18N2O5/c1-13(23)15-6-8-17(9-7-15)27-14(2)20(25)26-12-16-11-19(24)22-10-4-3-5-18(22)21-16/h3-11,14H,12H2,1-2H3. The summed E-state index contributed by atoms with van der Waals surface area (Å²) >= 11 is 0. The third-order valence-corrected chi connectivity index (χ3v) is 3.89. The highest BCUT2D eigenvalue weighted by Crippen LogP contribution is 2.15. The van der Waals surface area contributed by atoms with Crippen molar-refractivity contribution in [2.75, 3.05) is 0 Å². The molecule has 0 saturated carbocycles. The maximum atomic E-state index is 12.1. The van der Waals surface area contributed by atoms with E-state index in [1.807, 2.05) is 0 Å². The summed E-state index contributed by atoms with van der Waals surface area (Å²) in [7, 11) is 0. The van der Waals surface area contributed by atoms with E-state index in [-0.39, 0.29) is 17.9 Å². The number of benzene rings is 1. The van der Waals surface area contributed by atoms with Crippen LogP contribution in [0.2, 0.25) is 0 Å². The van der Waals surface area contributed by atoms with E-state index < -0.39 is 12.1 Å². The highest BCUT2D eigenvalue weighted by molar-refractivity contribution is 5.94. The molecule has 1 unspecified atom stereocenters. The van der Waals surface area contributed by atoms with Gasteiger partial charge >= 0.3 is 5.97 Å². The van der Waals surface area contributed by atoms with Crippen molar-refractivity contribution in [2.24, 2.45) is 0 Å². The number of ketones is 1. The number of carbonyl (C=O) groups excluding carboxylic acids is 2. The zero-order chi connectivity index (χ0) is 19.4. The highest BCUT2D eigenvalue weighted by atomic mass is 16.6. The van der Waals surface area contributed by atoms with Crippen molar-refractivity contribution in [3.63, 3.8) is 0 Å². The molecule has 0 bridgehead atoms. The Morgan fingerprint density at radius 3 is 2.59 bits per heavy atom. The van der Waals surface area contributed by atoms with Gasteiger partial charge in [-0.25, -0.2) is 9.78 Å². The molecule has 7 nitrogen and oxygen atoms in total. The number of aromatic nitrogens is 2. The molecule has 0 aliphatic heterocycles. The van der Waals surface area contributed by atoms with Crippen molar-refractivity contribution in [2.45, 2.75) is 26.6 Å². The first-order valence-corrected chi connectivity index (χ1v) is 8.35. The summed E-state index contributed by atoms with van der Waals surface area (Å²) in [6.45, 7) is 2.91. The number of hydrogen-bond donors (Lipinski definition) is 0.